The molecule has 0 spiro atoms. The van der Waals surface area contributed by atoms with Crippen LogP contribution in [0.5, 0.6) is 0 Å². The van der Waals surface area contributed by atoms with Crippen molar-refractivity contribution >= 4 is 72.7 Å². The average Bonchev–Trinajstić information content (AvgIpc) is 3.75. The normalized spacial score (nSPS) is 17.6. The first-order valence-corrected chi connectivity index (χ1v) is 23.6. The van der Waals surface area contributed by atoms with Gasteiger partial charge in [-0.3, -0.25) is 0 Å². The molecule has 0 atom stereocenters. The summed E-state index contributed by atoms with van der Waals surface area (Å²) in [5.41, 5.74) is 21.7. The van der Waals surface area contributed by atoms with E-state index >= 15 is 0 Å². The van der Waals surface area contributed by atoms with E-state index in [1.54, 1.807) is 0 Å². The van der Waals surface area contributed by atoms with Crippen LogP contribution in [0.3, 0.4) is 0 Å². The van der Waals surface area contributed by atoms with Crippen LogP contribution < -0.4 is 10.4 Å². The highest BCUT2D eigenvalue weighted by Gasteiger charge is 2.55. The van der Waals surface area contributed by atoms with Crippen molar-refractivity contribution in [2.24, 2.45) is 0 Å². The molecule has 2 aliphatic carbocycles. The van der Waals surface area contributed by atoms with Gasteiger partial charge in [-0.2, -0.15) is 0 Å². The Hall–Kier alpha value is -6.32. The van der Waals surface area contributed by atoms with E-state index in [4.69, 9.17) is 0 Å². The summed E-state index contributed by atoms with van der Waals surface area (Å²) in [7, 11) is 0. The minimum Gasteiger partial charge on any atom is -0.375 e. The Balaban J connectivity index is 1.26. The van der Waals surface area contributed by atoms with Crippen molar-refractivity contribution in [1.82, 2.24) is 4.48 Å². The second kappa shape index (κ2) is 12.5. The summed E-state index contributed by atoms with van der Waals surface area (Å²) in [6, 6.07) is 56.5. The maximum absolute atomic E-state index is 2.82. The highest BCUT2D eigenvalue weighted by Crippen LogP contribution is 2.61. The Kier molecular flexibility index (Phi) is 7.44. The largest absolute Gasteiger partial charge is 0.375 e. The maximum Gasteiger partial charge on any atom is 0.329 e. The molecule has 0 bridgehead atoms. The van der Waals surface area contributed by atoms with Crippen LogP contribution in [0.15, 0.2) is 151 Å². The molecule has 0 radical (unpaired) electrons. The van der Waals surface area contributed by atoms with Crippen LogP contribution in [0.25, 0.3) is 71.3 Å². The smallest absolute Gasteiger partial charge is 0.329 e. The molecule has 64 heavy (non-hydrogen) atoms. The monoisotopic (exact) mass is 826 g/mol. The van der Waals surface area contributed by atoms with E-state index in [2.05, 4.69) is 217 Å². The first kappa shape index (κ1) is 38.2. The van der Waals surface area contributed by atoms with E-state index in [9.17, 15) is 0 Å². The van der Waals surface area contributed by atoms with Gasteiger partial charge in [0, 0.05) is 60.4 Å². The molecule has 13 rings (SSSR count). The predicted octanol–water partition coefficient (Wildman–Crippen LogP) is 15.5. The van der Waals surface area contributed by atoms with Gasteiger partial charge >= 0.3 is 6.85 Å². The van der Waals surface area contributed by atoms with Crippen LogP contribution >= 0.6 is 0 Å². The number of benzene rings is 8. The third-order valence-corrected chi connectivity index (χ3v) is 16.3. The third kappa shape index (κ3) is 4.88. The Morgan fingerprint density at radius 1 is 0.500 bits per heavy atom. The quantitative estimate of drug-likeness (QED) is 0.158. The van der Waals surface area contributed by atoms with Crippen molar-refractivity contribution in [2.75, 3.05) is 4.90 Å². The molecule has 3 heteroatoms. The molecule has 9 aromatic rings. The highest BCUT2D eigenvalue weighted by molar-refractivity contribution is 6.86. The highest BCUT2D eigenvalue weighted by atomic mass is 15.2. The number of para-hydroxylation sites is 1. The second-order valence-corrected chi connectivity index (χ2v) is 22.3. The summed E-state index contributed by atoms with van der Waals surface area (Å²) in [6.45, 7) is 22.0. The van der Waals surface area contributed by atoms with Gasteiger partial charge in [0.25, 0.3) is 0 Å². The first-order valence-electron chi connectivity index (χ1n) is 23.6. The molecular weight excluding hydrogens is 771 g/mol. The van der Waals surface area contributed by atoms with Gasteiger partial charge in [-0.05, 0) is 108 Å². The molecule has 2 nitrogen and oxygen atoms in total. The summed E-state index contributed by atoms with van der Waals surface area (Å²) < 4.78 is 2.82. The molecular formula is C61H55BN2. The number of hydrogen-bond donors (Lipinski definition) is 0. The van der Waals surface area contributed by atoms with E-state index in [1.807, 2.05) is 0 Å². The maximum atomic E-state index is 2.82. The first-order chi connectivity index (χ1) is 30.6. The van der Waals surface area contributed by atoms with Crippen molar-refractivity contribution in [3.05, 3.63) is 179 Å². The van der Waals surface area contributed by atoms with Gasteiger partial charge in [-0.1, -0.05) is 184 Å². The zero-order valence-electron chi connectivity index (χ0n) is 38.7. The van der Waals surface area contributed by atoms with Crippen molar-refractivity contribution in [3.63, 3.8) is 0 Å². The van der Waals surface area contributed by atoms with E-state index in [0.717, 1.165) is 0 Å². The van der Waals surface area contributed by atoms with Gasteiger partial charge in [0.15, 0.2) is 0 Å². The van der Waals surface area contributed by atoms with Crippen LogP contribution in [-0.2, 0) is 21.7 Å². The summed E-state index contributed by atoms with van der Waals surface area (Å²) in [4.78, 5) is 2.78. The molecule has 0 N–H and O–H groups in total. The zero-order valence-corrected chi connectivity index (χ0v) is 38.7. The second-order valence-electron chi connectivity index (χ2n) is 22.3. The summed E-state index contributed by atoms with van der Waals surface area (Å²) in [5, 5.41) is 7.82. The number of hydrogen-bond acceptors (Lipinski definition) is 1. The molecule has 2 aliphatic heterocycles. The van der Waals surface area contributed by atoms with E-state index in [-0.39, 0.29) is 28.5 Å². The zero-order chi connectivity index (χ0) is 43.8. The number of aromatic nitrogens is 1. The molecule has 4 aliphatic rings. The lowest BCUT2D eigenvalue weighted by atomic mass is 9.40. The fraction of sp³-hybridized carbons (Fsp3) is 0.246. The van der Waals surface area contributed by atoms with Crippen molar-refractivity contribution < 1.29 is 0 Å². The molecule has 0 fully saturated rings. The van der Waals surface area contributed by atoms with Crippen molar-refractivity contribution in [1.29, 1.82) is 0 Å². The van der Waals surface area contributed by atoms with Gasteiger partial charge in [-0.25, -0.2) is 0 Å². The summed E-state index contributed by atoms with van der Waals surface area (Å²) >= 11 is 0. The van der Waals surface area contributed by atoms with E-state index in [0.29, 0.717) is 0 Å². The van der Waals surface area contributed by atoms with Crippen LogP contribution in [0.4, 0.5) is 11.4 Å². The average molecular weight is 827 g/mol. The van der Waals surface area contributed by atoms with Gasteiger partial charge in [0.1, 0.15) is 0 Å². The molecule has 8 aromatic carbocycles. The van der Waals surface area contributed by atoms with Gasteiger partial charge in [0.05, 0.1) is 11.4 Å². The van der Waals surface area contributed by atoms with E-state index < -0.39 is 0 Å². The lowest BCUT2D eigenvalue weighted by Gasteiger charge is -2.44. The molecule has 0 amide bonds. The van der Waals surface area contributed by atoms with E-state index in [1.165, 1.54) is 134 Å². The lowest BCUT2D eigenvalue weighted by Crippen LogP contribution is -2.52. The van der Waals surface area contributed by atoms with Crippen molar-refractivity contribution in [3.8, 4) is 22.3 Å². The predicted molar refractivity (Wildman–Crippen MR) is 275 cm³/mol. The van der Waals surface area contributed by atoms with Gasteiger partial charge < -0.3 is 9.38 Å². The number of nitrogens with zero attached hydrogens (tertiary/aromatic N) is 2. The number of rotatable bonds is 2. The van der Waals surface area contributed by atoms with Crippen LogP contribution in [0.2, 0.25) is 0 Å². The number of fused-ring (bicyclic) bond motifs is 13. The Labute approximate surface area is 378 Å². The topological polar surface area (TPSA) is 8.17 Å². The molecule has 312 valence electrons. The van der Waals surface area contributed by atoms with Crippen LogP contribution in [0.1, 0.15) is 103 Å². The van der Waals surface area contributed by atoms with Crippen molar-refractivity contribution in [2.45, 2.75) is 96.8 Å². The van der Waals surface area contributed by atoms with Gasteiger partial charge in [0.2, 0.25) is 0 Å². The molecule has 1 aromatic heterocycles. The summed E-state index contributed by atoms with van der Waals surface area (Å²) in [5.74, 6) is 0. The Bertz CT molecular complexity index is 3570. The minimum absolute atomic E-state index is 0.0230. The fourth-order valence-electron chi connectivity index (χ4n) is 12.9. The Morgan fingerprint density at radius 3 is 1.91 bits per heavy atom. The number of allylic oxidation sites excluding steroid dienone is 1. The van der Waals surface area contributed by atoms with Crippen LogP contribution in [0, 0.1) is 0 Å². The SMILES string of the molecule is CC(C)(C)c1ccc(N2C3=C(B4c5c(cc6ccccc6c52)-c2cccc5c6ccc7ccccc7c6n4c25)C(C)(C)c2cc4c(cc23)C(C)(C)CCC4(C)C)c(-c2ccccc2)c1. The molecule has 3 heterocycles. The fourth-order valence-corrected chi connectivity index (χ4v) is 12.9. The molecule has 0 saturated carbocycles. The lowest BCUT2D eigenvalue weighted by molar-refractivity contribution is 0.331. The molecule has 0 saturated heterocycles. The standard InChI is InChI=1S/C61H55BN2/c1-58(2,3)39-27-29-51(45(33-39)36-18-11-10-12-19-36)63-55-41-23-16-14-21-38(41)32-46-43-25-17-24-42-44-28-26-37-20-13-15-22-40(37)53(44)64(54(42)43)62(52(46)55)57-56(63)47-34-49-50(35-48(47)61(57,8)9)60(6,7)31-30-59(49,4)5/h10-29,32-35H,30-31H2,1-9H3. The van der Waals surface area contributed by atoms with Gasteiger partial charge in [-0.15, -0.1) is 0 Å². The Morgan fingerprint density at radius 2 is 1.16 bits per heavy atom. The minimum atomic E-state index is -0.307. The third-order valence-electron chi connectivity index (χ3n) is 16.3. The number of anilines is 2. The summed E-state index contributed by atoms with van der Waals surface area (Å²) in [6.07, 6.45) is 2.36. The van der Waals surface area contributed by atoms with Crippen LogP contribution in [-0.4, -0.2) is 11.3 Å². The molecule has 0 unspecified atom stereocenters.